The molecule has 1 aromatic rings. The summed E-state index contributed by atoms with van der Waals surface area (Å²) in [6.45, 7) is 5.06. The van der Waals surface area contributed by atoms with Crippen molar-refractivity contribution in [3.8, 4) is 0 Å². The lowest BCUT2D eigenvalue weighted by atomic mass is 10.1. The summed E-state index contributed by atoms with van der Waals surface area (Å²) in [4.78, 5) is 48.1. The maximum absolute atomic E-state index is 12.1. The van der Waals surface area contributed by atoms with E-state index in [4.69, 9.17) is 15.2 Å². The molecule has 0 saturated heterocycles. The summed E-state index contributed by atoms with van der Waals surface area (Å²) in [5.74, 6) is -1.67. The van der Waals surface area contributed by atoms with Gasteiger partial charge in [-0.15, -0.1) is 11.3 Å². The number of esters is 1. The summed E-state index contributed by atoms with van der Waals surface area (Å²) >= 11 is 1.34. The van der Waals surface area contributed by atoms with Crippen LogP contribution in [-0.4, -0.2) is 42.6 Å². The summed E-state index contributed by atoms with van der Waals surface area (Å²) in [5, 5.41) is 5.55. The first-order valence-electron chi connectivity index (χ1n) is 9.43. The lowest BCUT2D eigenvalue weighted by Crippen LogP contribution is -2.33. The van der Waals surface area contributed by atoms with Gasteiger partial charge >= 0.3 is 12.1 Å². The molecule has 0 saturated carbocycles. The molecule has 3 amide bonds. The van der Waals surface area contributed by atoms with Gasteiger partial charge in [0.25, 0.3) is 11.8 Å². The number of carbonyl (C=O) groups is 4. The third-order valence-corrected chi connectivity index (χ3v) is 5.22. The highest BCUT2D eigenvalue weighted by Gasteiger charge is 2.26. The molecule has 0 radical (unpaired) electrons. The quantitative estimate of drug-likeness (QED) is 0.431. The molecule has 1 heterocycles. The molecule has 10 heteroatoms. The topological polar surface area (TPSA) is 137 Å². The van der Waals surface area contributed by atoms with Crippen molar-refractivity contribution in [2.75, 3.05) is 18.5 Å². The van der Waals surface area contributed by atoms with E-state index in [2.05, 4.69) is 10.6 Å². The number of thiophene rings is 1. The van der Waals surface area contributed by atoms with Crippen molar-refractivity contribution in [1.29, 1.82) is 0 Å². The summed E-state index contributed by atoms with van der Waals surface area (Å²) in [6, 6.07) is 0. The zero-order valence-corrected chi connectivity index (χ0v) is 17.7. The SMILES string of the molecule is CC(C)(C)OC(=O)NCCCC(=O)OCC(=O)Nc1sc2c(c1C(N)=O)CCC2. The molecule has 0 aromatic carbocycles. The van der Waals surface area contributed by atoms with Crippen LogP contribution in [0.3, 0.4) is 0 Å². The zero-order chi connectivity index (χ0) is 21.6. The van der Waals surface area contributed by atoms with E-state index < -0.39 is 36.1 Å². The van der Waals surface area contributed by atoms with E-state index in [9.17, 15) is 19.2 Å². The van der Waals surface area contributed by atoms with Crippen LogP contribution in [-0.2, 0) is 31.9 Å². The number of nitrogens with two attached hydrogens (primary N) is 1. The second kappa shape index (κ2) is 9.73. The summed E-state index contributed by atoms with van der Waals surface area (Å²) in [5.41, 5.74) is 6.12. The highest BCUT2D eigenvalue weighted by molar-refractivity contribution is 7.17. The second-order valence-corrected chi connectivity index (χ2v) is 8.77. The van der Waals surface area contributed by atoms with Crippen LogP contribution < -0.4 is 16.4 Å². The van der Waals surface area contributed by atoms with Gasteiger partial charge in [0.1, 0.15) is 10.6 Å². The minimum atomic E-state index is -0.590. The summed E-state index contributed by atoms with van der Waals surface area (Å²) in [7, 11) is 0. The Morgan fingerprint density at radius 3 is 2.55 bits per heavy atom. The van der Waals surface area contributed by atoms with Gasteiger partial charge in [0.05, 0.1) is 5.56 Å². The van der Waals surface area contributed by atoms with Gasteiger partial charge in [-0.2, -0.15) is 0 Å². The van der Waals surface area contributed by atoms with Crippen LogP contribution in [0.1, 0.15) is 60.8 Å². The maximum atomic E-state index is 12.1. The number of ether oxygens (including phenoxy) is 2. The van der Waals surface area contributed by atoms with Gasteiger partial charge in [0.15, 0.2) is 6.61 Å². The van der Waals surface area contributed by atoms with E-state index in [-0.39, 0.29) is 13.0 Å². The Morgan fingerprint density at radius 1 is 1.17 bits per heavy atom. The molecule has 0 fully saturated rings. The van der Waals surface area contributed by atoms with Crippen molar-refractivity contribution in [1.82, 2.24) is 5.32 Å². The molecule has 0 aliphatic heterocycles. The summed E-state index contributed by atoms with van der Waals surface area (Å²) < 4.78 is 10.0. The van der Waals surface area contributed by atoms with Crippen molar-refractivity contribution in [2.24, 2.45) is 5.73 Å². The maximum Gasteiger partial charge on any atom is 0.407 e. The standard InChI is InChI=1S/C19H27N3O6S/c1-19(2,3)28-18(26)21-9-5-8-14(24)27-10-13(23)22-17-15(16(20)25)11-6-4-7-12(11)29-17/h4-10H2,1-3H3,(H2,20,25)(H,21,26)(H,22,23). The number of rotatable bonds is 8. The Bertz CT molecular complexity index is 797. The highest BCUT2D eigenvalue weighted by atomic mass is 32.1. The van der Waals surface area contributed by atoms with Crippen LogP contribution in [0.25, 0.3) is 0 Å². The first-order chi connectivity index (χ1) is 13.6. The minimum Gasteiger partial charge on any atom is -0.456 e. The van der Waals surface area contributed by atoms with Gasteiger partial charge in [0.2, 0.25) is 0 Å². The molecule has 1 aliphatic carbocycles. The van der Waals surface area contributed by atoms with Gasteiger partial charge in [0, 0.05) is 17.8 Å². The highest BCUT2D eigenvalue weighted by Crippen LogP contribution is 2.38. The van der Waals surface area contributed by atoms with E-state index in [1.165, 1.54) is 11.3 Å². The van der Waals surface area contributed by atoms with Crippen LogP contribution in [0.15, 0.2) is 0 Å². The molecule has 1 aromatic heterocycles. The lowest BCUT2D eigenvalue weighted by molar-refractivity contribution is -0.147. The number of anilines is 1. The Kier molecular flexibility index (Phi) is 7.60. The smallest absolute Gasteiger partial charge is 0.407 e. The first-order valence-corrected chi connectivity index (χ1v) is 10.2. The average Bonchev–Trinajstić information content (AvgIpc) is 3.15. The zero-order valence-electron chi connectivity index (χ0n) is 16.9. The van der Waals surface area contributed by atoms with Gasteiger partial charge in [-0.3, -0.25) is 14.4 Å². The molecule has 0 spiro atoms. The fourth-order valence-corrected chi connectivity index (χ4v) is 4.18. The number of amides is 3. The van der Waals surface area contributed by atoms with E-state index >= 15 is 0 Å². The molecule has 4 N–H and O–H groups in total. The second-order valence-electron chi connectivity index (χ2n) is 7.67. The largest absolute Gasteiger partial charge is 0.456 e. The van der Waals surface area contributed by atoms with Crippen molar-refractivity contribution >= 4 is 40.2 Å². The van der Waals surface area contributed by atoms with Gasteiger partial charge in [-0.05, 0) is 52.0 Å². The molecule has 9 nitrogen and oxygen atoms in total. The molecular formula is C19H27N3O6S. The fourth-order valence-electron chi connectivity index (χ4n) is 2.87. The van der Waals surface area contributed by atoms with Crippen LogP contribution >= 0.6 is 11.3 Å². The molecule has 1 aliphatic rings. The van der Waals surface area contributed by atoms with Crippen molar-refractivity contribution in [3.63, 3.8) is 0 Å². The fraction of sp³-hybridized carbons (Fsp3) is 0.579. The predicted octanol–water partition coefficient (Wildman–Crippen LogP) is 2.12. The Labute approximate surface area is 173 Å². The number of hydrogen-bond acceptors (Lipinski definition) is 7. The molecule has 0 unspecified atom stereocenters. The number of aryl methyl sites for hydroxylation is 1. The minimum absolute atomic E-state index is 0.0446. The van der Waals surface area contributed by atoms with Gasteiger partial charge < -0.3 is 25.8 Å². The Hall–Kier alpha value is -2.62. The number of carbonyl (C=O) groups excluding carboxylic acids is 4. The Balaban J connectivity index is 1.70. The van der Waals surface area contributed by atoms with E-state index in [1.54, 1.807) is 20.8 Å². The monoisotopic (exact) mass is 425 g/mol. The Morgan fingerprint density at radius 2 is 1.90 bits per heavy atom. The first kappa shape index (κ1) is 22.7. The number of fused-ring (bicyclic) bond motifs is 1. The summed E-state index contributed by atoms with van der Waals surface area (Å²) in [6.07, 6.45) is 2.44. The number of hydrogen-bond donors (Lipinski definition) is 3. The van der Waals surface area contributed by atoms with Crippen LogP contribution in [0.5, 0.6) is 0 Å². The van der Waals surface area contributed by atoms with Crippen LogP contribution in [0.4, 0.5) is 9.80 Å². The lowest BCUT2D eigenvalue weighted by Gasteiger charge is -2.19. The van der Waals surface area contributed by atoms with Crippen molar-refractivity contribution < 1.29 is 28.7 Å². The molecule has 160 valence electrons. The van der Waals surface area contributed by atoms with E-state index in [0.717, 1.165) is 29.7 Å². The molecule has 0 bridgehead atoms. The predicted molar refractivity (Wildman–Crippen MR) is 108 cm³/mol. The molecular weight excluding hydrogens is 398 g/mol. The van der Waals surface area contributed by atoms with Crippen LogP contribution in [0, 0.1) is 0 Å². The number of nitrogens with one attached hydrogen (secondary N) is 2. The molecule has 29 heavy (non-hydrogen) atoms. The number of primary amides is 1. The van der Waals surface area contributed by atoms with E-state index in [1.807, 2.05) is 0 Å². The number of alkyl carbamates (subject to hydrolysis) is 1. The normalized spacial score (nSPS) is 12.8. The van der Waals surface area contributed by atoms with Gasteiger partial charge in [-0.25, -0.2) is 4.79 Å². The third kappa shape index (κ3) is 7.04. The van der Waals surface area contributed by atoms with Gasteiger partial charge in [-0.1, -0.05) is 0 Å². The third-order valence-electron chi connectivity index (χ3n) is 4.01. The molecule has 0 atom stereocenters. The van der Waals surface area contributed by atoms with Crippen molar-refractivity contribution in [3.05, 3.63) is 16.0 Å². The van der Waals surface area contributed by atoms with Crippen LogP contribution in [0.2, 0.25) is 0 Å². The molecule has 2 rings (SSSR count). The van der Waals surface area contributed by atoms with Crippen molar-refractivity contribution in [2.45, 2.75) is 58.5 Å². The van der Waals surface area contributed by atoms with E-state index in [0.29, 0.717) is 17.0 Å². The average molecular weight is 426 g/mol.